The van der Waals surface area contributed by atoms with Crippen molar-refractivity contribution in [2.45, 2.75) is 32.7 Å². The lowest BCUT2D eigenvalue weighted by Gasteiger charge is -2.11. The van der Waals surface area contributed by atoms with E-state index in [9.17, 15) is 4.79 Å². The van der Waals surface area contributed by atoms with Gasteiger partial charge in [0, 0.05) is 19.0 Å². The molecule has 1 amide bonds. The smallest absolute Gasteiger partial charge is 0.221 e. The number of amides is 1. The normalized spacial score (nSPS) is 11.7. The van der Waals surface area contributed by atoms with E-state index in [2.05, 4.69) is 26.0 Å². The van der Waals surface area contributed by atoms with Gasteiger partial charge in [-0.05, 0) is 13.3 Å². The highest BCUT2D eigenvalue weighted by atomic mass is 16.1. The van der Waals surface area contributed by atoms with E-state index in [0.717, 1.165) is 6.42 Å². The Morgan fingerprint density at radius 3 is 2.83 bits per heavy atom. The van der Waals surface area contributed by atoms with Crippen LogP contribution in [-0.2, 0) is 4.79 Å². The zero-order valence-electron chi connectivity index (χ0n) is 10.7. The lowest BCUT2D eigenvalue weighted by molar-refractivity contribution is -0.121. The number of carbonyl (C=O) groups is 1. The number of rotatable bonds is 7. The third-order valence-corrected chi connectivity index (χ3v) is 2.46. The highest BCUT2D eigenvalue weighted by molar-refractivity contribution is 5.76. The molecule has 1 heterocycles. The molecule has 18 heavy (non-hydrogen) atoms. The van der Waals surface area contributed by atoms with Gasteiger partial charge >= 0.3 is 0 Å². The summed E-state index contributed by atoms with van der Waals surface area (Å²) in [6.07, 6.45) is 4.41. The molecule has 1 rings (SSSR count). The first-order valence-electron chi connectivity index (χ1n) is 5.97. The molecule has 7 heteroatoms. The summed E-state index contributed by atoms with van der Waals surface area (Å²) in [6, 6.07) is 0.210. The second-order valence-corrected chi connectivity index (χ2v) is 3.99. The first-order chi connectivity index (χ1) is 8.65. The molecule has 0 aliphatic rings. The number of nitrogens with zero attached hydrogens (tertiary/aromatic N) is 2. The maximum Gasteiger partial charge on any atom is 0.221 e. The Morgan fingerprint density at radius 1 is 1.44 bits per heavy atom. The van der Waals surface area contributed by atoms with Crippen molar-refractivity contribution in [1.29, 1.82) is 0 Å². The van der Waals surface area contributed by atoms with E-state index in [-0.39, 0.29) is 11.9 Å². The minimum atomic E-state index is 0.0258. The fourth-order valence-electron chi connectivity index (χ4n) is 1.27. The Hall–Kier alpha value is -1.89. The second kappa shape index (κ2) is 7.44. The summed E-state index contributed by atoms with van der Waals surface area (Å²) in [7, 11) is 0. The maximum atomic E-state index is 11.5. The molecule has 5 N–H and O–H groups in total. The van der Waals surface area contributed by atoms with Crippen LogP contribution in [0.1, 0.15) is 26.7 Å². The molecule has 1 unspecified atom stereocenters. The number of nitrogens with one attached hydrogen (secondary N) is 3. The SMILES string of the molecule is CCC(C)NC(=O)CCNc1cncc(NN)n1. The molecule has 1 atom stereocenters. The number of anilines is 2. The molecule has 0 fully saturated rings. The lowest BCUT2D eigenvalue weighted by atomic mass is 10.2. The van der Waals surface area contributed by atoms with Crippen molar-refractivity contribution in [1.82, 2.24) is 15.3 Å². The van der Waals surface area contributed by atoms with Crippen LogP contribution in [0.2, 0.25) is 0 Å². The molecule has 0 saturated carbocycles. The van der Waals surface area contributed by atoms with Gasteiger partial charge < -0.3 is 16.1 Å². The molecule has 0 aliphatic heterocycles. The summed E-state index contributed by atoms with van der Waals surface area (Å²) < 4.78 is 0. The monoisotopic (exact) mass is 252 g/mol. The van der Waals surface area contributed by atoms with Gasteiger partial charge in [-0.25, -0.2) is 10.8 Å². The second-order valence-electron chi connectivity index (χ2n) is 3.99. The molecule has 100 valence electrons. The van der Waals surface area contributed by atoms with Crippen LogP contribution in [0, 0.1) is 0 Å². The summed E-state index contributed by atoms with van der Waals surface area (Å²) in [5, 5.41) is 5.90. The van der Waals surface area contributed by atoms with Crippen molar-refractivity contribution >= 4 is 17.5 Å². The number of nitrogen functional groups attached to an aromatic ring is 1. The molecule has 1 aromatic rings. The van der Waals surface area contributed by atoms with Gasteiger partial charge in [0.05, 0.1) is 12.4 Å². The van der Waals surface area contributed by atoms with Gasteiger partial charge in [0.2, 0.25) is 5.91 Å². The minimum Gasteiger partial charge on any atom is -0.368 e. The Balaban J connectivity index is 2.30. The Bertz CT molecular complexity index is 384. The van der Waals surface area contributed by atoms with Crippen molar-refractivity contribution in [3.63, 3.8) is 0 Å². The van der Waals surface area contributed by atoms with Crippen molar-refractivity contribution in [3.8, 4) is 0 Å². The Morgan fingerprint density at radius 2 is 2.17 bits per heavy atom. The number of nitrogens with two attached hydrogens (primary N) is 1. The predicted octanol–water partition coefficient (Wildman–Crippen LogP) is 0.479. The molecule has 0 spiro atoms. The minimum absolute atomic E-state index is 0.0258. The van der Waals surface area contributed by atoms with Crippen LogP contribution in [-0.4, -0.2) is 28.5 Å². The lowest BCUT2D eigenvalue weighted by Crippen LogP contribution is -2.33. The summed E-state index contributed by atoms with van der Waals surface area (Å²) in [5.41, 5.74) is 2.41. The predicted molar refractivity (Wildman–Crippen MR) is 70.8 cm³/mol. The number of hydrogen-bond donors (Lipinski definition) is 4. The van der Waals surface area contributed by atoms with Gasteiger partial charge in [-0.2, -0.15) is 0 Å². The number of carbonyl (C=O) groups excluding carboxylic acids is 1. The van der Waals surface area contributed by atoms with Crippen LogP contribution >= 0.6 is 0 Å². The van der Waals surface area contributed by atoms with Gasteiger partial charge in [0.1, 0.15) is 5.82 Å². The molecule has 0 saturated heterocycles. The fourth-order valence-corrected chi connectivity index (χ4v) is 1.27. The molecular formula is C11H20N6O. The molecule has 0 aromatic carbocycles. The van der Waals surface area contributed by atoms with Crippen LogP contribution in [0.4, 0.5) is 11.6 Å². The van der Waals surface area contributed by atoms with E-state index in [1.807, 2.05) is 13.8 Å². The van der Waals surface area contributed by atoms with Crippen LogP contribution in [0.3, 0.4) is 0 Å². The van der Waals surface area contributed by atoms with E-state index in [1.165, 1.54) is 6.20 Å². The Labute approximate surface area is 107 Å². The average Bonchev–Trinajstić information content (AvgIpc) is 2.38. The highest BCUT2D eigenvalue weighted by Crippen LogP contribution is 2.04. The van der Waals surface area contributed by atoms with Crippen LogP contribution in [0.5, 0.6) is 0 Å². The quantitative estimate of drug-likeness (QED) is 0.415. The summed E-state index contributed by atoms with van der Waals surface area (Å²) in [4.78, 5) is 19.6. The standard InChI is InChI=1S/C11H20N6O/c1-3-8(2)15-11(18)4-5-14-9-6-13-7-10(16-9)17-12/h6-8H,3-5,12H2,1-2H3,(H,15,18)(H2,14,16,17). The van der Waals surface area contributed by atoms with E-state index in [0.29, 0.717) is 24.6 Å². The third-order valence-electron chi connectivity index (χ3n) is 2.46. The van der Waals surface area contributed by atoms with Gasteiger partial charge in [0.15, 0.2) is 5.82 Å². The topological polar surface area (TPSA) is 105 Å². The molecule has 0 radical (unpaired) electrons. The van der Waals surface area contributed by atoms with Crippen molar-refractivity contribution in [3.05, 3.63) is 12.4 Å². The van der Waals surface area contributed by atoms with Gasteiger partial charge in [-0.3, -0.25) is 9.78 Å². The molecule has 0 aliphatic carbocycles. The zero-order valence-corrected chi connectivity index (χ0v) is 10.7. The summed E-state index contributed by atoms with van der Waals surface area (Å²) >= 11 is 0. The van der Waals surface area contributed by atoms with Gasteiger partial charge in [-0.1, -0.05) is 6.92 Å². The summed E-state index contributed by atoms with van der Waals surface area (Å²) in [6.45, 7) is 4.52. The maximum absolute atomic E-state index is 11.5. The van der Waals surface area contributed by atoms with Crippen molar-refractivity contribution in [2.24, 2.45) is 5.84 Å². The first kappa shape index (κ1) is 14.2. The Kier molecular flexibility index (Phi) is 5.86. The average molecular weight is 252 g/mol. The van der Waals surface area contributed by atoms with Gasteiger partial charge in [-0.15, -0.1) is 0 Å². The number of hydrazine groups is 1. The molecule has 7 nitrogen and oxygen atoms in total. The van der Waals surface area contributed by atoms with Crippen molar-refractivity contribution < 1.29 is 4.79 Å². The van der Waals surface area contributed by atoms with E-state index in [1.54, 1.807) is 6.20 Å². The van der Waals surface area contributed by atoms with E-state index in [4.69, 9.17) is 5.84 Å². The summed E-state index contributed by atoms with van der Waals surface area (Å²) in [5.74, 6) is 6.31. The van der Waals surface area contributed by atoms with Crippen LogP contribution in [0.25, 0.3) is 0 Å². The number of hydrogen-bond acceptors (Lipinski definition) is 6. The molecular weight excluding hydrogens is 232 g/mol. The fraction of sp³-hybridized carbons (Fsp3) is 0.545. The van der Waals surface area contributed by atoms with Crippen LogP contribution in [0.15, 0.2) is 12.4 Å². The van der Waals surface area contributed by atoms with Crippen molar-refractivity contribution in [2.75, 3.05) is 17.3 Å². The van der Waals surface area contributed by atoms with Crippen LogP contribution < -0.4 is 21.9 Å². The zero-order chi connectivity index (χ0) is 13.4. The van der Waals surface area contributed by atoms with E-state index >= 15 is 0 Å². The first-order valence-corrected chi connectivity index (χ1v) is 5.97. The number of aromatic nitrogens is 2. The molecule has 0 bridgehead atoms. The highest BCUT2D eigenvalue weighted by Gasteiger charge is 2.05. The largest absolute Gasteiger partial charge is 0.368 e. The molecule has 1 aromatic heterocycles. The van der Waals surface area contributed by atoms with E-state index < -0.39 is 0 Å². The third kappa shape index (κ3) is 4.96. The van der Waals surface area contributed by atoms with Gasteiger partial charge in [0.25, 0.3) is 0 Å².